The van der Waals surface area contributed by atoms with Crippen molar-refractivity contribution in [3.8, 4) is 0 Å². The van der Waals surface area contributed by atoms with Gasteiger partial charge in [-0.1, -0.05) is 106 Å². The summed E-state index contributed by atoms with van der Waals surface area (Å²) in [5, 5.41) is 16.4. The van der Waals surface area contributed by atoms with Gasteiger partial charge in [-0.25, -0.2) is 9.50 Å². The molecule has 3 rings (SSSR count). The highest BCUT2D eigenvalue weighted by Gasteiger charge is 2.14. The van der Waals surface area contributed by atoms with Gasteiger partial charge in [0.2, 0.25) is 0 Å². The van der Waals surface area contributed by atoms with Crippen LogP contribution in [0.2, 0.25) is 0 Å². The van der Waals surface area contributed by atoms with Gasteiger partial charge in [0.05, 0.1) is 6.67 Å². The van der Waals surface area contributed by atoms with Gasteiger partial charge in [0.1, 0.15) is 12.3 Å². The molecule has 0 aliphatic rings. The van der Waals surface area contributed by atoms with Crippen molar-refractivity contribution in [1.82, 2.24) is 0 Å². The molecule has 3 aromatic rings. The van der Waals surface area contributed by atoms with Crippen molar-refractivity contribution in [3.63, 3.8) is 0 Å². The molecule has 0 aromatic heterocycles. The monoisotopic (exact) mass is 441 g/mol. The second-order valence-corrected chi connectivity index (χ2v) is 8.88. The second kappa shape index (κ2) is 14.9. The summed E-state index contributed by atoms with van der Waals surface area (Å²) in [5.74, 6) is 0.148. The highest BCUT2D eigenvalue weighted by atomic mass is 19.1. The van der Waals surface area contributed by atoms with Crippen LogP contribution in [0.4, 0.5) is 8.78 Å². The molecule has 1 radical (unpaired) electrons. The molecule has 0 fully saturated rings. The lowest BCUT2D eigenvalue weighted by Gasteiger charge is -2.13. The summed E-state index contributed by atoms with van der Waals surface area (Å²) in [6.45, 7) is 3.22. The third-order valence-electron chi connectivity index (χ3n) is 6.20. The van der Waals surface area contributed by atoms with Gasteiger partial charge >= 0.3 is 0 Å². The van der Waals surface area contributed by atoms with E-state index in [1.165, 1.54) is 47.7 Å². The van der Waals surface area contributed by atoms with Crippen molar-refractivity contribution in [2.45, 2.75) is 83.9 Å². The Balaban J connectivity index is 0.000000231. The van der Waals surface area contributed by atoms with Crippen molar-refractivity contribution in [1.29, 1.82) is 0 Å². The van der Waals surface area contributed by atoms with Gasteiger partial charge in [-0.3, -0.25) is 4.39 Å². The molecule has 0 aliphatic carbocycles. The molecular weight excluding hydrogens is 402 g/mol. The van der Waals surface area contributed by atoms with E-state index in [4.69, 9.17) is 0 Å². The third kappa shape index (κ3) is 8.86. The predicted molar refractivity (Wildman–Crippen MR) is 133 cm³/mol. The van der Waals surface area contributed by atoms with Crippen LogP contribution in [0.5, 0.6) is 0 Å². The van der Waals surface area contributed by atoms with Crippen LogP contribution in [0.15, 0.2) is 60.7 Å². The molecule has 0 amide bonds. The van der Waals surface area contributed by atoms with Gasteiger partial charge in [0.15, 0.2) is 0 Å². The Morgan fingerprint density at radius 2 is 1.22 bits per heavy atom. The van der Waals surface area contributed by atoms with Crippen molar-refractivity contribution in [2.75, 3.05) is 6.67 Å². The predicted octanol–water partition coefficient (Wildman–Crippen LogP) is 9.25. The van der Waals surface area contributed by atoms with E-state index in [1.54, 1.807) is 0 Å². The zero-order valence-electron chi connectivity index (χ0n) is 19.7. The topological polar surface area (TPSA) is 19.9 Å². The standard InChI is InChI=1S/C15H29F2O.C14H10/c1-3-4-5-6-9-14(12-16)10-7-8-11-15(18)13(2)17;1-3-7-13-11(5-1)9-10-12-6-2-4-8-14(12)13/h13-15H,3-12H2,1-2H3;1-10H. The van der Waals surface area contributed by atoms with Crippen LogP contribution < -0.4 is 0 Å². The SMILES string of the molecule is CCCCCCC(CF)CCCCC([O])C(C)F.c1ccc2c(c1)ccc1ccccc12. The minimum atomic E-state index is -1.27. The van der Waals surface area contributed by atoms with Gasteiger partial charge in [-0.15, -0.1) is 0 Å². The Kier molecular flexibility index (Phi) is 12.3. The normalized spacial score (nSPS) is 14.0. The van der Waals surface area contributed by atoms with E-state index in [0.717, 1.165) is 32.1 Å². The molecular formula is C29H39F2O. The molecule has 3 unspecified atom stereocenters. The molecule has 32 heavy (non-hydrogen) atoms. The van der Waals surface area contributed by atoms with Crippen LogP contribution in [-0.4, -0.2) is 19.0 Å². The van der Waals surface area contributed by atoms with Crippen LogP contribution >= 0.6 is 0 Å². The zero-order chi connectivity index (χ0) is 23.2. The summed E-state index contributed by atoms with van der Waals surface area (Å²) in [6, 6.07) is 21.4. The first-order chi connectivity index (χ1) is 15.6. The number of benzene rings is 3. The van der Waals surface area contributed by atoms with Crippen LogP contribution in [0.1, 0.15) is 71.6 Å². The van der Waals surface area contributed by atoms with Gasteiger partial charge in [0, 0.05) is 0 Å². The van der Waals surface area contributed by atoms with Gasteiger partial charge in [-0.05, 0) is 53.6 Å². The number of unbranched alkanes of at least 4 members (excludes halogenated alkanes) is 4. The van der Waals surface area contributed by atoms with E-state index in [-0.39, 0.29) is 12.6 Å². The maximum Gasteiger partial charge on any atom is 0.127 e. The number of halogens is 2. The second-order valence-electron chi connectivity index (χ2n) is 8.88. The molecule has 3 aromatic carbocycles. The fourth-order valence-corrected chi connectivity index (χ4v) is 4.12. The van der Waals surface area contributed by atoms with E-state index in [0.29, 0.717) is 6.42 Å². The van der Waals surface area contributed by atoms with Gasteiger partial charge < -0.3 is 0 Å². The first-order valence-electron chi connectivity index (χ1n) is 12.3. The first-order valence-corrected chi connectivity index (χ1v) is 12.3. The van der Waals surface area contributed by atoms with Crippen molar-refractivity contribution >= 4 is 21.5 Å². The summed E-state index contributed by atoms with van der Waals surface area (Å²) in [6.07, 6.45) is 6.12. The minimum absolute atomic E-state index is 0.148. The number of hydrogen-bond acceptors (Lipinski definition) is 0. The van der Waals surface area contributed by atoms with Gasteiger partial charge in [0.25, 0.3) is 0 Å². The number of hydrogen-bond donors (Lipinski definition) is 0. The Morgan fingerprint density at radius 3 is 1.72 bits per heavy atom. The van der Waals surface area contributed by atoms with E-state index >= 15 is 0 Å². The summed E-state index contributed by atoms with van der Waals surface area (Å²) >= 11 is 0. The highest BCUT2D eigenvalue weighted by molar-refractivity contribution is 6.07. The van der Waals surface area contributed by atoms with E-state index in [1.807, 2.05) is 0 Å². The van der Waals surface area contributed by atoms with Crippen LogP contribution in [0.25, 0.3) is 21.5 Å². The lowest BCUT2D eigenvalue weighted by atomic mass is 9.95. The molecule has 0 bridgehead atoms. The molecule has 1 nitrogen and oxygen atoms in total. The molecule has 175 valence electrons. The molecule has 0 saturated heterocycles. The zero-order valence-corrected chi connectivity index (χ0v) is 19.7. The molecule has 0 heterocycles. The molecule has 3 heteroatoms. The molecule has 0 aliphatic heterocycles. The average Bonchev–Trinajstić information content (AvgIpc) is 2.83. The Hall–Kier alpha value is -2.00. The van der Waals surface area contributed by atoms with E-state index in [2.05, 4.69) is 67.6 Å². The average molecular weight is 442 g/mol. The first kappa shape index (κ1) is 26.3. The fourth-order valence-electron chi connectivity index (χ4n) is 4.12. The smallest absolute Gasteiger partial charge is 0.127 e. The summed E-state index contributed by atoms with van der Waals surface area (Å²) in [5.41, 5.74) is 0. The molecule has 0 saturated carbocycles. The van der Waals surface area contributed by atoms with Crippen molar-refractivity contribution in [2.24, 2.45) is 5.92 Å². The van der Waals surface area contributed by atoms with Crippen LogP contribution in [0, 0.1) is 5.92 Å². The Morgan fingerprint density at radius 1 is 0.719 bits per heavy atom. The third-order valence-corrected chi connectivity index (χ3v) is 6.20. The lowest BCUT2D eigenvalue weighted by Crippen LogP contribution is -2.16. The number of fused-ring (bicyclic) bond motifs is 3. The summed E-state index contributed by atoms with van der Waals surface area (Å²) in [7, 11) is 0. The fraction of sp³-hybridized carbons (Fsp3) is 0.517. The lowest BCUT2D eigenvalue weighted by molar-refractivity contribution is 0.0171. The maximum atomic E-state index is 12.8. The number of rotatable bonds is 12. The van der Waals surface area contributed by atoms with Crippen LogP contribution in [0.3, 0.4) is 0 Å². The number of alkyl halides is 2. The molecule has 0 N–H and O–H groups in total. The van der Waals surface area contributed by atoms with E-state index < -0.39 is 12.3 Å². The Labute approximate surface area is 192 Å². The van der Waals surface area contributed by atoms with E-state index in [9.17, 15) is 13.9 Å². The Bertz CT molecular complexity index is 838. The quantitative estimate of drug-likeness (QED) is 0.197. The molecule has 3 atom stereocenters. The van der Waals surface area contributed by atoms with Crippen molar-refractivity contribution < 1.29 is 13.9 Å². The maximum absolute atomic E-state index is 12.8. The summed E-state index contributed by atoms with van der Waals surface area (Å²) in [4.78, 5) is 0. The van der Waals surface area contributed by atoms with Crippen LogP contribution in [-0.2, 0) is 5.11 Å². The van der Waals surface area contributed by atoms with Crippen molar-refractivity contribution in [3.05, 3.63) is 60.7 Å². The summed E-state index contributed by atoms with van der Waals surface area (Å²) < 4.78 is 25.4. The largest absolute Gasteiger partial charge is 0.251 e. The van der Waals surface area contributed by atoms with Gasteiger partial charge in [-0.2, -0.15) is 0 Å². The minimum Gasteiger partial charge on any atom is -0.251 e. The highest BCUT2D eigenvalue weighted by Crippen LogP contribution is 2.24. The molecule has 0 spiro atoms.